The number of rotatable bonds is 1. The normalized spacial score (nSPS) is 20.6. The van der Waals surface area contributed by atoms with Crippen molar-refractivity contribution in [2.75, 3.05) is 7.11 Å². The van der Waals surface area contributed by atoms with Crippen LogP contribution in [-0.4, -0.2) is 7.11 Å². The van der Waals surface area contributed by atoms with Crippen LogP contribution in [0.15, 0.2) is 12.1 Å². The molecule has 15 heavy (non-hydrogen) atoms. The predicted octanol–water partition coefficient (Wildman–Crippen LogP) is 4.00. The highest BCUT2D eigenvalue weighted by atomic mass is 79.9. The van der Waals surface area contributed by atoms with E-state index in [9.17, 15) is 4.39 Å². The van der Waals surface area contributed by atoms with E-state index in [4.69, 9.17) is 4.74 Å². The van der Waals surface area contributed by atoms with Crippen LogP contribution >= 0.6 is 15.9 Å². The van der Waals surface area contributed by atoms with Gasteiger partial charge in [0.15, 0.2) is 0 Å². The smallest absolute Gasteiger partial charge is 0.130 e. The van der Waals surface area contributed by atoms with Crippen LogP contribution in [0.1, 0.15) is 35.2 Å². The molecule has 0 spiro atoms. The van der Waals surface area contributed by atoms with Crippen LogP contribution in [-0.2, 0) is 6.42 Å². The zero-order chi connectivity index (χ0) is 10.8. The van der Waals surface area contributed by atoms with Crippen LogP contribution in [0.3, 0.4) is 0 Å². The van der Waals surface area contributed by atoms with Gasteiger partial charge in [0.25, 0.3) is 0 Å². The Morgan fingerprint density at radius 3 is 2.93 bits per heavy atom. The maximum atomic E-state index is 13.8. The maximum absolute atomic E-state index is 13.8. The third-order valence-electron chi connectivity index (χ3n) is 2.91. The fraction of sp³-hybridized carbons (Fsp3) is 0.500. The summed E-state index contributed by atoms with van der Waals surface area (Å²) >= 11 is 3.61. The minimum absolute atomic E-state index is 0.129. The van der Waals surface area contributed by atoms with E-state index in [1.165, 1.54) is 6.07 Å². The van der Waals surface area contributed by atoms with E-state index in [2.05, 4.69) is 15.9 Å². The van der Waals surface area contributed by atoms with Crippen LogP contribution in [0.5, 0.6) is 5.75 Å². The lowest BCUT2D eigenvalue weighted by molar-refractivity contribution is 0.410. The second-order valence-electron chi connectivity index (χ2n) is 3.89. The Balaban J connectivity index is 2.50. The number of fused-ring (bicyclic) bond motifs is 1. The second-order valence-corrected chi connectivity index (χ2v) is 5.00. The van der Waals surface area contributed by atoms with Crippen molar-refractivity contribution in [1.29, 1.82) is 0 Å². The van der Waals surface area contributed by atoms with E-state index in [1.54, 1.807) is 7.11 Å². The van der Waals surface area contributed by atoms with Gasteiger partial charge in [-0.2, -0.15) is 0 Å². The Morgan fingerprint density at radius 1 is 1.40 bits per heavy atom. The summed E-state index contributed by atoms with van der Waals surface area (Å²) in [6, 6.07) is 3.42. The van der Waals surface area contributed by atoms with Gasteiger partial charge >= 0.3 is 0 Å². The highest BCUT2D eigenvalue weighted by Gasteiger charge is 2.20. The lowest BCUT2D eigenvalue weighted by Crippen LogP contribution is -1.99. The van der Waals surface area contributed by atoms with Crippen molar-refractivity contribution in [3.05, 3.63) is 29.1 Å². The minimum atomic E-state index is -0.129. The van der Waals surface area contributed by atoms with Crippen LogP contribution in [0, 0.1) is 5.82 Å². The first kappa shape index (κ1) is 10.9. The van der Waals surface area contributed by atoms with Crippen LogP contribution < -0.4 is 4.74 Å². The van der Waals surface area contributed by atoms with Gasteiger partial charge in [0.2, 0.25) is 0 Å². The van der Waals surface area contributed by atoms with E-state index in [0.29, 0.717) is 5.75 Å². The second kappa shape index (κ2) is 4.52. The number of hydrogen-bond donors (Lipinski definition) is 0. The summed E-state index contributed by atoms with van der Waals surface area (Å²) in [6.45, 7) is 0. The van der Waals surface area contributed by atoms with Crippen molar-refractivity contribution in [3.8, 4) is 5.75 Å². The number of hydrogen-bond acceptors (Lipinski definition) is 1. The molecule has 0 heterocycles. The van der Waals surface area contributed by atoms with Crippen LogP contribution in [0.25, 0.3) is 0 Å². The Labute approximate surface area is 97.8 Å². The predicted molar refractivity (Wildman–Crippen MR) is 62.2 cm³/mol. The van der Waals surface area contributed by atoms with Crippen molar-refractivity contribution < 1.29 is 9.13 Å². The molecule has 1 nitrogen and oxygen atoms in total. The zero-order valence-corrected chi connectivity index (χ0v) is 10.3. The summed E-state index contributed by atoms with van der Waals surface area (Å²) in [4.78, 5) is 0.264. The topological polar surface area (TPSA) is 9.23 Å². The Morgan fingerprint density at radius 2 is 2.20 bits per heavy atom. The molecule has 3 heteroatoms. The lowest BCUT2D eigenvalue weighted by atomic mass is 10.0. The van der Waals surface area contributed by atoms with Crippen molar-refractivity contribution in [3.63, 3.8) is 0 Å². The van der Waals surface area contributed by atoms with Gasteiger partial charge in [-0.1, -0.05) is 22.4 Å². The monoisotopic (exact) mass is 272 g/mol. The average molecular weight is 273 g/mol. The Kier molecular flexibility index (Phi) is 3.29. The lowest BCUT2D eigenvalue weighted by Gasteiger charge is -2.13. The molecule has 1 aliphatic carbocycles. The summed E-state index contributed by atoms with van der Waals surface area (Å²) in [5.74, 6) is 0.480. The van der Waals surface area contributed by atoms with Gasteiger partial charge < -0.3 is 4.74 Å². The van der Waals surface area contributed by atoms with Crippen molar-refractivity contribution in [2.24, 2.45) is 0 Å². The number of benzene rings is 1. The molecule has 0 fully saturated rings. The van der Waals surface area contributed by atoms with E-state index in [1.807, 2.05) is 6.07 Å². The summed E-state index contributed by atoms with van der Waals surface area (Å²) < 4.78 is 18.9. The van der Waals surface area contributed by atoms with Crippen LogP contribution in [0.4, 0.5) is 4.39 Å². The third kappa shape index (κ3) is 2.17. The highest BCUT2D eigenvalue weighted by Crippen LogP contribution is 2.37. The molecule has 1 aliphatic rings. The molecule has 1 aromatic rings. The van der Waals surface area contributed by atoms with Gasteiger partial charge in [0, 0.05) is 10.9 Å². The molecule has 82 valence electrons. The summed E-state index contributed by atoms with van der Waals surface area (Å²) in [6.07, 6.45) is 4.12. The highest BCUT2D eigenvalue weighted by molar-refractivity contribution is 9.09. The minimum Gasteiger partial charge on any atom is -0.497 e. The average Bonchev–Trinajstić information content (AvgIpc) is 2.41. The maximum Gasteiger partial charge on any atom is 0.130 e. The molecule has 0 aromatic heterocycles. The first-order valence-corrected chi connectivity index (χ1v) is 6.14. The Hall–Kier alpha value is -0.570. The molecule has 0 N–H and O–H groups in total. The molecule has 0 saturated heterocycles. The summed E-state index contributed by atoms with van der Waals surface area (Å²) in [5.41, 5.74) is 1.92. The van der Waals surface area contributed by atoms with E-state index >= 15 is 0 Å². The largest absolute Gasteiger partial charge is 0.497 e. The SMILES string of the molecule is COc1cc(F)c2c(c1)C(Br)CCCC2. The molecular weight excluding hydrogens is 259 g/mol. The standard InChI is InChI=1S/C12H14BrFO/c1-15-8-6-10-9(12(14)7-8)4-2-3-5-11(10)13/h6-7,11H,2-5H2,1H3. The Bertz CT molecular complexity index is 365. The molecule has 0 saturated carbocycles. The molecule has 1 aromatic carbocycles. The molecule has 2 rings (SSSR count). The third-order valence-corrected chi connectivity index (χ3v) is 3.86. The van der Waals surface area contributed by atoms with Gasteiger partial charge in [0.1, 0.15) is 11.6 Å². The molecule has 0 radical (unpaired) electrons. The van der Waals surface area contributed by atoms with E-state index < -0.39 is 0 Å². The molecule has 1 atom stereocenters. The zero-order valence-electron chi connectivity index (χ0n) is 8.72. The van der Waals surface area contributed by atoms with Crippen molar-refractivity contribution in [1.82, 2.24) is 0 Å². The summed E-state index contributed by atoms with van der Waals surface area (Å²) in [7, 11) is 1.57. The van der Waals surface area contributed by atoms with E-state index in [-0.39, 0.29) is 10.6 Å². The molecule has 1 unspecified atom stereocenters. The van der Waals surface area contributed by atoms with Crippen molar-refractivity contribution >= 4 is 15.9 Å². The molecule has 0 aliphatic heterocycles. The number of alkyl halides is 1. The van der Waals surface area contributed by atoms with E-state index in [0.717, 1.165) is 36.8 Å². The number of halogens is 2. The quantitative estimate of drug-likeness (QED) is 0.555. The van der Waals surface area contributed by atoms with Crippen LogP contribution in [0.2, 0.25) is 0 Å². The van der Waals surface area contributed by atoms with Gasteiger partial charge in [-0.05, 0) is 36.5 Å². The number of methoxy groups -OCH3 is 1. The molecule has 0 amide bonds. The first-order chi connectivity index (χ1) is 7.22. The molecule has 0 bridgehead atoms. The van der Waals surface area contributed by atoms with Crippen molar-refractivity contribution in [2.45, 2.75) is 30.5 Å². The fourth-order valence-corrected chi connectivity index (χ4v) is 2.81. The van der Waals surface area contributed by atoms with Gasteiger partial charge in [-0.15, -0.1) is 0 Å². The first-order valence-electron chi connectivity index (χ1n) is 5.22. The van der Waals surface area contributed by atoms with Gasteiger partial charge in [0.05, 0.1) is 7.11 Å². The fourth-order valence-electron chi connectivity index (χ4n) is 2.07. The number of ether oxygens (including phenoxy) is 1. The summed E-state index contributed by atoms with van der Waals surface area (Å²) in [5, 5.41) is 0. The van der Waals surface area contributed by atoms with Gasteiger partial charge in [-0.3, -0.25) is 0 Å². The van der Waals surface area contributed by atoms with Gasteiger partial charge in [-0.25, -0.2) is 4.39 Å². The molecular formula is C12H14BrFO.